The van der Waals surface area contributed by atoms with Crippen LogP contribution in [0.25, 0.3) is 0 Å². The number of nitrogens with zero attached hydrogens (tertiary/aromatic N) is 3. The second-order valence-electron chi connectivity index (χ2n) is 9.61. The number of imide groups is 1. The topological polar surface area (TPSA) is 85.0 Å². The van der Waals surface area contributed by atoms with Gasteiger partial charge in [0.1, 0.15) is 6.04 Å². The normalized spacial score (nSPS) is 27.6. The molecule has 8 nitrogen and oxygen atoms in total. The predicted octanol–water partition coefficient (Wildman–Crippen LogP) is 1.13. The van der Waals surface area contributed by atoms with Crippen LogP contribution in [0, 0.1) is 5.92 Å². The number of hydrogen-bond acceptors (Lipinski definition) is 6. The summed E-state index contributed by atoms with van der Waals surface area (Å²) in [6.07, 6.45) is 3.22. The van der Waals surface area contributed by atoms with Crippen LogP contribution >= 0.6 is 0 Å². The number of fused-ring (bicyclic) bond motifs is 1. The van der Waals surface area contributed by atoms with Gasteiger partial charge in [0.2, 0.25) is 11.8 Å². The van der Waals surface area contributed by atoms with Crippen LogP contribution in [0.2, 0.25) is 0 Å². The number of piperazine rings is 1. The molecule has 0 aliphatic carbocycles. The number of hydrogen-bond donors (Lipinski definition) is 2. The Balaban J connectivity index is 1.24. The Hall–Kier alpha value is -2.45. The van der Waals surface area contributed by atoms with Crippen molar-refractivity contribution in [2.75, 3.05) is 50.7 Å². The molecule has 0 aromatic heterocycles. The molecule has 1 aromatic carbocycles. The van der Waals surface area contributed by atoms with Crippen LogP contribution in [-0.4, -0.2) is 79.4 Å². The molecule has 3 saturated heterocycles. The van der Waals surface area contributed by atoms with Crippen LogP contribution in [0.1, 0.15) is 54.6 Å². The van der Waals surface area contributed by atoms with Gasteiger partial charge in [-0.1, -0.05) is 0 Å². The summed E-state index contributed by atoms with van der Waals surface area (Å²) in [5.74, 6) is 0.0808. The van der Waals surface area contributed by atoms with Crippen molar-refractivity contribution in [1.29, 1.82) is 0 Å². The van der Waals surface area contributed by atoms with Gasteiger partial charge in [0.25, 0.3) is 5.91 Å². The van der Waals surface area contributed by atoms with E-state index in [1.54, 1.807) is 4.90 Å². The molecule has 0 spiro atoms. The van der Waals surface area contributed by atoms with E-state index in [-0.39, 0.29) is 30.2 Å². The largest absolute Gasteiger partial charge is 0.369 e. The van der Waals surface area contributed by atoms with Crippen LogP contribution in [0.5, 0.6) is 0 Å². The van der Waals surface area contributed by atoms with E-state index in [4.69, 9.17) is 0 Å². The predicted molar refractivity (Wildman–Crippen MR) is 121 cm³/mol. The number of amides is 3. The fraction of sp³-hybridized carbons (Fsp3) is 0.625. The molecule has 0 saturated carbocycles. The molecule has 1 aromatic rings. The summed E-state index contributed by atoms with van der Waals surface area (Å²) in [6, 6.07) is 5.33. The first-order valence-corrected chi connectivity index (χ1v) is 12.0. The molecule has 32 heavy (non-hydrogen) atoms. The molecule has 2 unspecified atom stereocenters. The van der Waals surface area contributed by atoms with Gasteiger partial charge in [0.05, 0.1) is 6.04 Å². The molecule has 8 heteroatoms. The Bertz CT molecular complexity index is 905. The molecule has 172 valence electrons. The number of piperidine rings is 2. The zero-order chi connectivity index (χ0) is 22.2. The summed E-state index contributed by atoms with van der Waals surface area (Å²) < 4.78 is 0. The average molecular weight is 440 g/mol. The summed E-state index contributed by atoms with van der Waals surface area (Å²) in [7, 11) is 0. The maximum absolute atomic E-state index is 13.1. The third-order valence-corrected chi connectivity index (χ3v) is 7.63. The van der Waals surface area contributed by atoms with Gasteiger partial charge in [-0.15, -0.1) is 0 Å². The first-order valence-electron chi connectivity index (χ1n) is 12.0. The highest BCUT2D eigenvalue weighted by Gasteiger charge is 2.43. The quantitative estimate of drug-likeness (QED) is 0.685. The lowest BCUT2D eigenvalue weighted by atomic mass is 9.97. The minimum atomic E-state index is -0.579. The summed E-state index contributed by atoms with van der Waals surface area (Å²) in [4.78, 5) is 43.7. The number of carbonyl (C=O) groups is 3. The van der Waals surface area contributed by atoms with Gasteiger partial charge in [0, 0.05) is 50.4 Å². The molecule has 2 N–H and O–H groups in total. The van der Waals surface area contributed by atoms with Gasteiger partial charge in [-0.3, -0.25) is 24.6 Å². The molecule has 3 fully saturated rings. The molecule has 4 aliphatic rings. The minimum absolute atomic E-state index is 0.111. The highest BCUT2D eigenvalue weighted by atomic mass is 16.2. The van der Waals surface area contributed by atoms with E-state index in [1.165, 1.54) is 19.4 Å². The second kappa shape index (κ2) is 8.83. The van der Waals surface area contributed by atoms with E-state index in [0.29, 0.717) is 12.0 Å². The molecule has 0 radical (unpaired) electrons. The molecule has 4 aliphatic heterocycles. The van der Waals surface area contributed by atoms with E-state index in [2.05, 4.69) is 26.5 Å². The number of anilines is 1. The van der Waals surface area contributed by atoms with Crippen LogP contribution in [0.3, 0.4) is 0 Å². The van der Waals surface area contributed by atoms with Crippen LogP contribution < -0.4 is 15.5 Å². The third kappa shape index (κ3) is 4.01. The number of rotatable bonds is 4. The molecular formula is C24H33N5O3. The third-order valence-electron chi connectivity index (χ3n) is 7.63. The van der Waals surface area contributed by atoms with Gasteiger partial charge in [-0.05, 0) is 69.0 Å². The smallest absolute Gasteiger partial charge is 0.255 e. The second-order valence-corrected chi connectivity index (χ2v) is 9.61. The molecule has 5 rings (SSSR count). The Morgan fingerprint density at radius 3 is 2.47 bits per heavy atom. The van der Waals surface area contributed by atoms with E-state index in [9.17, 15) is 14.4 Å². The highest BCUT2D eigenvalue weighted by Crippen LogP contribution is 2.38. The van der Waals surface area contributed by atoms with Crippen molar-refractivity contribution in [2.24, 2.45) is 5.92 Å². The lowest BCUT2D eigenvalue weighted by Crippen LogP contribution is -2.53. The highest BCUT2D eigenvalue weighted by molar-refractivity contribution is 6.06. The van der Waals surface area contributed by atoms with Crippen molar-refractivity contribution in [1.82, 2.24) is 20.4 Å². The van der Waals surface area contributed by atoms with Crippen molar-refractivity contribution in [3.05, 3.63) is 29.3 Å². The van der Waals surface area contributed by atoms with Crippen molar-refractivity contribution in [3.63, 3.8) is 0 Å². The van der Waals surface area contributed by atoms with Crippen LogP contribution in [0.15, 0.2) is 18.2 Å². The van der Waals surface area contributed by atoms with Crippen molar-refractivity contribution in [2.45, 2.75) is 44.7 Å². The van der Waals surface area contributed by atoms with Crippen LogP contribution in [0.4, 0.5) is 5.69 Å². The number of benzene rings is 1. The van der Waals surface area contributed by atoms with Crippen molar-refractivity contribution >= 4 is 23.4 Å². The van der Waals surface area contributed by atoms with E-state index in [1.807, 2.05) is 19.1 Å². The minimum Gasteiger partial charge on any atom is -0.369 e. The van der Waals surface area contributed by atoms with E-state index >= 15 is 0 Å². The summed E-state index contributed by atoms with van der Waals surface area (Å²) >= 11 is 0. The molecule has 4 heterocycles. The van der Waals surface area contributed by atoms with Gasteiger partial charge in [0.15, 0.2) is 0 Å². The zero-order valence-electron chi connectivity index (χ0n) is 18.8. The standard InChI is InChI=1S/C24H33N5O3/c1-16-20-14-18(28-12-10-27(11-13-28)15-17-6-8-25-9-7-17)2-3-19(20)24(32)29(16)21-4-5-22(30)26-23(21)31/h2-3,14,16-17,21,25H,4-13,15H2,1H3,(H,26,30,31). The SMILES string of the molecule is CC1c2cc(N3CCN(CC4CCNCC4)CC3)ccc2C(=O)N1C1CCC(=O)NC1=O. The van der Waals surface area contributed by atoms with Crippen molar-refractivity contribution in [3.8, 4) is 0 Å². The first kappa shape index (κ1) is 21.4. The first-order chi connectivity index (χ1) is 15.5. The van der Waals surface area contributed by atoms with E-state index in [0.717, 1.165) is 56.4 Å². The van der Waals surface area contributed by atoms with Gasteiger partial charge >= 0.3 is 0 Å². The fourth-order valence-corrected chi connectivity index (χ4v) is 5.73. The van der Waals surface area contributed by atoms with Gasteiger partial charge in [-0.25, -0.2) is 0 Å². The maximum atomic E-state index is 13.1. The summed E-state index contributed by atoms with van der Waals surface area (Å²) in [6.45, 7) is 9.58. The lowest BCUT2D eigenvalue weighted by Gasteiger charge is -2.38. The molecule has 0 bridgehead atoms. The van der Waals surface area contributed by atoms with Crippen LogP contribution in [-0.2, 0) is 9.59 Å². The molecule has 3 amide bonds. The average Bonchev–Trinajstić information content (AvgIpc) is 3.05. The molecular weight excluding hydrogens is 406 g/mol. The summed E-state index contributed by atoms with van der Waals surface area (Å²) in [5, 5.41) is 5.83. The van der Waals surface area contributed by atoms with E-state index < -0.39 is 6.04 Å². The molecule has 2 atom stereocenters. The Kier molecular flexibility index (Phi) is 5.90. The Labute approximate surface area is 189 Å². The Morgan fingerprint density at radius 1 is 1.00 bits per heavy atom. The monoisotopic (exact) mass is 439 g/mol. The van der Waals surface area contributed by atoms with Crippen molar-refractivity contribution < 1.29 is 14.4 Å². The summed E-state index contributed by atoms with van der Waals surface area (Å²) in [5.41, 5.74) is 2.81. The number of nitrogens with one attached hydrogen (secondary N) is 2. The number of carbonyl (C=O) groups excluding carboxylic acids is 3. The zero-order valence-corrected chi connectivity index (χ0v) is 18.8. The van der Waals surface area contributed by atoms with Gasteiger partial charge < -0.3 is 15.1 Å². The fourth-order valence-electron chi connectivity index (χ4n) is 5.73. The Morgan fingerprint density at radius 2 is 1.75 bits per heavy atom. The lowest BCUT2D eigenvalue weighted by molar-refractivity contribution is -0.137. The maximum Gasteiger partial charge on any atom is 0.255 e. The van der Waals surface area contributed by atoms with Gasteiger partial charge in [-0.2, -0.15) is 0 Å².